The van der Waals surface area contributed by atoms with Gasteiger partial charge in [-0.15, -0.1) is 0 Å². The SMILES string of the molecule is c1ccc(-c2cccc(CNC3CC3)c2)nc1. The molecule has 1 aromatic heterocycles. The average molecular weight is 224 g/mol. The molecule has 17 heavy (non-hydrogen) atoms. The Morgan fingerprint density at radius 1 is 1.12 bits per heavy atom. The second kappa shape index (κ2) is 4.68. The number of pyridine rings is 1. The molecule has 0 unspecified atom stereocenters. The smallest absolute Gasteiger partial charge is 0.0702 e. The first kappa shape index (κ1) is 10.5. The van der Waals surface area contributed by atoms with E-state index in [2.05, 4.69) is 34.6 Å². The van der Waals surface area contributed by atoms with Crippen LogP contribution >= 0.6 is 0 Å². The monoisotopic (exact) mass is 224 g/mol. The molecule has 1 fully saturated rings. The number of aromatic nitrogens is 1. The van der Waals surface area contributed by atoms with Gasteiger partial charge in [0.2, 0.25) is 0 Å². The van der Waals surface area contributed by atoms with E-state index in [1.807, 2.05) is 24.4 Å². The van der Waals surface area contributed by atoms with Crippen molar-refractivity contribution in [3.05, 3.63) is 54.2 Å². The Morgan fingerprint density at radius 2 is 2.06 bits per heavy atom. The number of nitrogens with zero attached hydrogens (tertiary/aromatic N) is 1. The third-order valence-electron chi connectivity index (χ3n) is 3.06. The third kappa shape index (κ3) is 2.71. The molecule has 1 saturated carbocycles. The molecule has 1 N–H and O–H groups in total. The largest absolute Gasteiger partial charge is 0.310 e. The predicted octanol–water partition coefficient (Wildman–Crippen LogP) is 3.00. The molecule has 2 aromatic rings. The topological polar surface area (TPSA) is 24.9 Å². The van der Waals surface area contributed by atoms with E-state index >= 15 is 0 Å². The van der Waals surface area contributed by atoms with Crippen LogP contribution in [0.1, 0.15) is 18.4 Å². The lowest BCUT2D eigenvalue weighted by atomic mass is 10.1. The zero-order valence-electron chi connectivity index (χ0n) is 9.76. The molecular weight excluding hydrogens is 208 g/mol. The summed E-state index contributed by atoms with van der Waals surface area (Å²) in [4.78, 5) is 4.38. The van der Waals surface area contributed by atoms with Gasteiger partial charge in [-0.3, -0.25) is 4.98 Å². The molecule has 0 aliphatic heterocycles. The lowest BCUT2D eigenvalue weighted by molar-refractivity contribution is 0.688. The van der Waals surface area contributed by atoms with Crippen LogP contribution in [0, 0.1) is 0 Å². The van der Waals surface area contributed by atoms with Crippen LogP contribution in [0.3, 0.4) is 0 Å². The molecule has 0 atom stereocenters. The first-order chi connectivity index (χ1) is 8.42. The van der Waals surface area contributed by atoms with E-state index in [1.54, 1.807) is 0 Å². The molecule has 1 heterocycles. The highest BCUT2D eigenvalue weighted by Gasteiger charge is 2.19. The van der Waals surface area contributed by atoms with E-state index in [0.717, 1.165) is 18.3 Å². The summed E-state index contributed by atoms with van der Waals surface area (Å²) >= 11 is 0. The maximum atomic E-state index is 4.38. The second-order valence-corrected chi connectivity index (χ2v) is 4.57. The van der Waals surface area contributed by atoms with Gasteiger partial charge in [0.05, 0.1) is 5.69 Å². The van der Waals surface area contributed by atoms with Crippen molar-refractivity contribution in [2.45, 2.75) is 25.4 Å². The molecule has 86 valence electrons. The van der Waals surface area contributed by atoms with Crippen molar-refractivity contribution >= 4 is 0 Å². The Morgan fingerprint density at radius 3 is 2.82 bits per heavy atom. The van der Waals surface area contributed by atoms with Crippen LogP contribution in [-0.2, 0) is 6.54 Å². The molecule has 2 heteroatoms. The van der Waals surface area contributed by atoms with Gasteiger partial charge >= 0.3 is 0 Å². The highest BCUT2D eigenvalue weighted by Crippen LogP contribution is 2.21. The zero-order chi connectivity index (χ0) is 11.5. The fourth-order valence-corrected chi connectivity index (χ4v) is 1.92. The summed E-state index contributed by atoms with van der Waals surface area (Å²) < 4.78 is 0. The first-order valence-electron chi connectivity index (χ1n) is 6.15. The Kier molecular flexibility index (Phi) is 2.88. The van der Waals surface area contributed by atoms with Gasteiger partial charge in [0, 0.05) is 24.3 Å². The summed E-state index contributed by atoms with van der Waals surface area (Å²) in [6.07, 6.45) is 4.50. The van der Waals surface area contributed by atoms with Crippen LogP contribution in [0.15, 0.2) is 48.7 Å². The molecule has 1 aliphatic rings. The van der Waals surface area contributed by atoms with E-state index in [-0.39, 0.29) is 0 Å². The molecule has 0 bridgehead atoms. The lowest BCUT2D eigenvalue weighted by Crippen LogP contribution is -2.15. The van der Waals surface area contributed by atoms with Gasteiger partial charge < -0.3 is 5.32 Å². The van der Waals surface area contributed by atoms with Crippen LogP contribution in [0.2, 0.25) is 0 Å². The highest BCUT2D eigenvalue weighted by molar-refractivity contribution is 5.59. The van der Waals surface area contributed by atoms with Crippen LogP contribution in [0.5, 0.6) is 0 Å². The Labute approximate surface area is 102 Å². The van der Waals surface area contributed by atoms with Crippen molar-refractivity contribution < 1.29 is 0 Å². The van der Waals surface area contributed by atoms with Gasteiger partial charge in [-0.25, -0.2) is 0 Å². The fraction of sp³-hybridized carbons (Fsp3) is 0.267. The lowest BCUT2D eigenvalue weighted by Gasteiger charge is -2.05. The van der Waals surface area contributed by atoms with Crippen LogP contribution < -0.4 is 5.32 Å². The van der Waals surface area contributed by atoms with Gasteiger partial charge in [-0.2, -0.15) is 0 Å². The predicted molar refractivity (Wildman–Crippen MR) is 69.5 cm³/mol. The van der Waals surface area contributed by atoms with E-state index in [0.29, 0.717) is 0 Å². The van der Waals surface area contributed by atoms with Crippen molar-refractivity contribution in [3.63, 3.8) is 0 Å². The van der Waals surface area contributed by atoms with Crippen LogP contribution in [0.25, 0.3) is 11.3 Å². The Balaban J connectivity index is 1.78. The molecule has 0 amide bonds. The average Bonchev–Trinajstić information content (AvgIpc) is 3.22. The maximum Gasteiger partial charge on any atom is 0.0702 e. The summed E-state index contributed by atoms with van der Waals surface area (Å²) in [6.45, 7) is 0.964. The van der Waals surface area contributed by atoms with Crippen LogP contribution in [0.4, 0.5) is 0 Å². The molecule has 1 aliphatic carbocycles. The standard InChI is InChI=1S/C15H16N2/c1-2-9-16-15(6-1)13-5-3-4-12(10-13)11-17-14-7-8-14/h1-6,9-10,14,17H,7-8,11H2. The summed E-state index contributed by atoms with van der Waals surface area (Å²) in [5, 5.41) is 3.53. The molecule has 0 radical (unpaired) electrons. The minimum atomic E-state index is 0.758. The molecule has 3 rings (SSSR count). The van der Waals surface area contributed by atoms with Crippen molar-refractivity contribution in [1.29, 1.82) is 0 Å². The maximum absolute atomic E-state index is 4.38. The van der Waals surface area contributed by atoms with Crippen molar-refractivity contribution in [3.8, 4) is 11.3 Å². The quantitative estimate of drug-likeness (QED) is 0.863. The number of nitrogens with one attached hydrogen (secondary N) is 1. The van der Waals surface area contributed by atoms with Gasteiger partial charge in [0.25, 0.3) is 0 Å². The van der Waals surface area contributed by atoms with Gasteiger partial charge in [0.15, 0.2) is 0 Å². The number of rotatable bonds is 4. The van der Waals surface area contributed by atoms with E-state index in [1.165, 1.54) is 24.0 Å². The molecule has 0 saturated heterocycles. The summed E-state index contributed by atoms with van der Waals surface area (Å²) in [5.41, 5.74) is 3.57. The summed E-state index contributed by atoms with van der Waals surface area (Å²) in [6, 6.07) is 15.4. The normalized spacial score (nSPS) is 14.8. The van der Waals surface area contributed by atoms with Gasteiger partial charge in [-0.05, 0) is 36.6 Å². The molecule has 0 spiro atoms. The van der Waals surface area contributed by atoms with Crippen molar-refractivity contribution in [2.75, 3.05) is 0 Å². The molecule has 1 aromatic carbocycles. The molecular formula is C15H16N2. The molecule has 2 nitrogen and oxygen atoms in total. The van der Waals surface area contributed by atoms with Crippen LogP contribution in [-0.4, -0.2) is 11.0 Å². The van der Waals surface area contributed by atoms with E-state index < -0.39 is 0 Å². The van der Waals surface area contributed by atoms with Gasteiger partial charge in [-0.1, -0.05) is 24.3 Å². The summed E-state index contributed by atoms with van der Waals surface area (Å²) in [5.74, 6) is 0. The number of hydrogen-bond donors (Lipinski definition) is 1. The first-order valence-corrected chi connectivity index (χ1v) is 6.15. The number of benzene rings is 1. The van der Waals surface area contributed by atoms with E-state index in [9.17, 15) is 0 Å². The van der Waals surface area contributed by atoms with Gasteiger partial charge in [0.1, 0.15) is 0 Å². The third-order valence-corrected chi connectivity index (χ3v) is 3.06. The second-order valence-electron chi connectivity index (χ2n) is 4.57. The Hall–Kier alpha value is -1.67. The minimum absolute atomic E-state index is 0.758. The minimum Gasteiger partial charge on any atom is -0.310 e. The van der Waals surface area contributed by atoms with E-state index in [4.69, 9.17) is 0 Å². The fourth-order valence-electron chi connectivity index (χ4n) is 1.92. The zero-order valence-corrected chi connectivity index (χ0v) is 9.76. The number of hydrogen-bond acceptors (Lipinski definition) is 2. The van der Waals surface area contributed by atoms with Crippen molar-refractivity contribution in [1.82, 2.24) is 10.3 Å². The van der Waals surface area contributed by atoms with Crippen molar-refractivity contribution in [2.24, 2.45) is 0 Å². The summed E-state index contributed by atoms with van der Waals surface area (Å²) in [7, 11) is 0. The highest BCUT2D eigenvalue weighted by atomic mass is 14.9. The Bertz CT molecular complexity index is 489.